The molecule has 5 heteroatoms. The van der Waals surface area contributed by atoms with Crippen LogP contribution in [0.5, 0.6) is 5.75 Å². The first kappa shape index (κ1) is 14.6. The topological polar surface area (TPSA) is 66.6 Å². The molecule has 0 aliphatic heterocycles. The van der Waals surface area contributed by atoms with E-state index in [-0.39, 0.29) is 0 Å². The minimum absolute atomic E-state index is 0.489. The number of fused-ring (bicyclic) bond motifs is 1. The van der Waals surface area contributed by atoms with Crippen LogP contribution in [0.1, 0.15) is 6.42 Å². The number of hydrogen-bond acceptors (Lipinski definition) is 5. The van der Waals surface area contributed by atoms with Crippen LogP contribution in [0.4, 0.5) is 5.69 Å². The average Bonchev–Trinajstić information content (AvgIpc) is 2.49. The molecular formula is C15H20N2O3. The Hall–Kier alpha value is -1.85. The van der Waals surface area contributed by atoms with Crippen LogP contribution in [-0.4, -0.2) is 38.5 Å². The lowest BCUT2D eigenvalue weighted by Crippen LogP contribution is -2.09. The molecular weight excluding hydrogens is 256 g/mol. The summed E-state index contributed by atoms with van der Waals surface area (Å²) in [4.78, 5) is 4.32. The highest BCUT2D eigenvalue weighted by Crippen LogP contribution is 2.27. The van der Waals surface area contributed by atoms with Crippen molar-refractivity contribution in [1.82, 2.24) is 4.98 Å². The van der Waals surface area contributed by atoms with Crippen LogP contribution in [-0.2, 0) is 9.47 Å². The molecule has 0 spiro atoms. The third-order valence-electron chi connectivity index (χ3n) is 2.89. The van der Waals surface area contributed by atoms with E-state index >= 15 is 0 Å². The molecule has 0 atom stereocenters. The maximum atomic E-state index is 5.92. The predicted molar refractivity (Wildman–Crippen MR) is 79.0 cm³/mol. The van der Waals surface area contributed by atoms with Crippen LogP contribution in [0.2, 0.25) is 0 Å². The number of anilines is 1. The second kappa shape index (κ2) is 7.67. The van der Waals surface area contributed by atoms with Gasteiger partial charge >= 0.3 is 0 Å². The summed E-state index contributed by atoms with van der Waals surface area (Å²) in [5.41, 5.74) is 7.40. The number of nitrogens with two attached hydrogens (primary N) is 1. The van der Waals surface area contributed by atoms with Crippen LogP contribution >= 0.6 is 0 Å². The van der Waals surface area contributed by atoms with Crippen molar-refractivity contribution in [2.75, 3.05) is 39.3 Å². The maximum absolute atomic E-state index is 5.92. The lowest BCUT2D eigenvalue weighted by Gasteiger charge is -2.10. The second-order valence-corrected chi connectivity index (χ2v) is 4.36. The van der Waals surface area contributed by atoms with Gasteiger partial charge in [-0.15, -0.1) is 0 Å². The fourth-order valence-corrected chi connectivity index (χ4v) is 1.90. The van der Waals surface area contributed by atoms with Crippen LogP contribution in [0.15, 0.2) is 30.5 Å². The van der Waals surface area contributed by atoms with Gasteiger partial charge in [0.05, 0.1) is 6.61 Å². The van der Waals surface area contributed by atoms with E-state index in [2.05, 4.69) is 4.98 Å². The number of methoxy groups -OCH3 is 1. The molecule has 0 saturated carbocycles. The molecule has 5 nitrogen and oxygen atoms in total. The van der Waals surface area contributed by atoms with Crippen molar-refractivity contribution < 1.29 is 14.2 Å². The fraction of sp³-hybridized carbons (Fsp3) is 0.400. The molecule has 2 N–H and O–H groups in total. The summed E-state index contributed by atoms with van der Waals surface area (Å²) < 4.78 is 16.1. The van der Waals surface area contributed by atoms with Gasteiger partial charge in [-0.05, 0) is 30.7 Å². The van der Waals surface area contributed by atoms with Crippen molar-refractivity contribution in [2.45, 2.75) is 6.42 Å². The van der Waals surface area contributed by atoms with Crippen molar-refractivity contribution in [1.29, 1.82) is 0 Å². The first-order valence-electron chi connectivity index (χ1n) is 6.65. The number of nitrogen functional groups attached to an aromatic ring is 1. The highest BCUT2D eigenvalue weighted by atomic mass is 16.5. The zero-order valence-electron chi connectivity index (χ0n) is 11.7. The summed E-state index contributed by atoms with van der Waals surface area (Å²) in [6.07, 6.45) is 2.62. The fourth-order valence-electron chi connectivity index (χ4n) is 1.90. The highest BCUT2D eigenvalue weighted by molar-refractivity contribution is 5.94. The third kappa shape index (κ3) is 3.82. The number of hydrogen-bond donors (Lipinski definition) is 1. The van der Waals surface area contributed by atoms with E-state index < -0.39 is 0 Å². The quantitative estimate of drug-likeness (QED) is 0.591. The van der Waals surface area contributed by atoms with Gasteiger partial charge in [0.15, 0.2) is 0 Å². The molecule has 0 unspecified atom stereocenters. The molecule has 0 radical (unpaired) electrons. The Bertz CT molecular complexity index is 546. The lowest BCUT2D eigenvalue weighted by atomic mass is 10.2. The Morgan fingerprint density at radius 2 is 2.00 bits per heavy atom. The van der Waals surface area contributed by atoms with Crippen LogP contribution < -0.4 is 10.5 Å². The lowest BCUT2D eigenvalue weighted by molar-refractivity contribution is 0.0809. The minimum atomic E-state index is 0.489. The van der Waals surface area contributed by atoms with E-state index in [4.69, 9.17) is 19.9 Å². The van der Waals surface area contributed by atoms with Gasteiger partial charge in [-0.3, -0.25) is 4.98 Å². The van der Waals surface area contributed by atoms with Gasteiger partial charge in [-0.2, -0.15) is 0 Å². The van der Waals surface area contributed by atoms with Gasteiger partial charge in [-0.1, -0.05) is 0 Å². The summed E-state index contributed by atoms with van der Waals surface area (Å²) in [6.45, 7) is 2.43. The molecule has 20 heavy (non-hydrogen) atoms. The summed E-state index contributed by atoms with van der Waals surface area (Å²) >= 11 is 0. The van der Waals surface area contributed by atoms with Crippen LogP contribution in [0, 0.1) is 0 Å². The summed E-state index contributed by atoms with van der Waals surface area (Å²) in [5, 5.41) is 0.908. The van der Waals surface area contributed by atoms with Gasteiger partial charge < -0.3 is 19.9 Å². The molecule has 0 aliphatic rings. The molecule has 1 aromatic carbocycles. The smallest absolute Gasteiger partial charge is 0.145 e. The third-order valence-corrected chi connectivity index (χ3v) is 2.89. The Morgan fingerprint density at radius 3 is 2.85 bits per heavy atom. The summed E-state index contributed by atoms with van der Waals surface area (Å²) in [6, 6.07) is 7.47. The number of nitrogens with zero attached hydrogens (tertiary/aromatic N) is 1. The van der Waals surface area contributed by atoms with E-state index in [1.165, 1.54) is 0 Å². The van der Waals surface area contributed by atoms with Crippen molar-refractivity contribution in [3.63, 3.8) is 0 Å². The van der Waals surface area contributed by atoms with E-state index in [0.29, 0.717) is 32.1 Å². The number of benzene rings is 1. The maximum Gasteiger partial charge on any atom is 0.145 e. The van der Waals surface area contributed by atoms with Crippen LogP contribution in [0.3, 0.4) is 0 Å². The molecule has 0 bridgehead atoms. The Labute approximate surface area is 118 Å². The van der Waals surface area contributed by atoms with Crippen molar-refractivity contribution >= 4 is 16.6 Å². The van der Waals surface area contributed by atoms with Gasteiger partial charge in [0.25, 0.3) is 0 Å². The standard InChI is InChI=1S/C15H20N2O3/c1-18-8-3-9-19-10-11-20-14-6-5-13(16)12-4-2-7-17-15(12)14/h2,4-7H,3,8-11,16H2,1H3. The van der Waals surface area contributed by atoms with E-state index in [0.717, 1.165) is 23.1 Å². The molecule has 1 heterocycles. The molecule has 0 aliphatic carbocycles. The van der Waals surface area contributed by atoms with Gasteiger partial charge in [0.1, 0.15) is 17.9 Å². The monoisotopic (exact) mass is 276 g/mol. The van der Waals surface area contributed by atoms with Gasteiger partial charge in [0.2, 0.25) is 0 Å². The molecule has 2 rings (SSSR count). The largest absolute Gasteiger partial charge is 0.489 e. The SMILES string of the molecule is COCCCOCCOc1ccc(N)c2cccnc12. The number of pyridine rings is 1. The zero-order chi connectivity index (χ0) is 14.2. The van der Waals surface area contributed by atoms with Crippen molar-refractivity contribution in [2.24, 2.45) is 0 Å². The van der Waals surface area contributed by atoms with Crippen molar-refractivity contribution in [3.8, 4) is 5.75 Å². The number of rotatable bonds is 8. The Kier molecular flexibility index (Phi) is 5.58. The molecule has 0 fully saturated rings. The molecule has 108 valence electrons. The summed E-state index contributed by atoms with van der Waals surface area (Å²) in [5.74, 6) is 0.732. The van der Waals surface area contributed by atoms with Crippen LogP contribution in [0.25, 0.3) is 10.9 Å². The number of ether oxygens (including phenoxy) is 3. The normalized spacial score (nSPS) is 10.8. The van der Waals surface area contributed by atoms with E-state index in [9.17, 15) is 0 Å². The number of aromatic nitrogens is 1. The first-order chi connectivity index (χ1) is 9.83. The zero-order valence-corrected chi connectivity index (χ0v) is 11.7. The minimum Gasteiger partial charge on any atom is -0.489 e. The highest BCUT2D eigenvalue weighted by Gasteiger charge is 2.05. The predicted octanol–water partition coefficient (Wildman–Crippen LogP) is 2.25. The van der Waals surface area contributed by atoms with E-state index in [1.807, 2.05) is 24.3 Å². The molecule has 2 aromatic rings. The van der Waals surface area contributed by atoms with Crippen molar-refractivity contribution in [3.05, 3.63) is 30.5 Å². The average molecular weight is 276 g/mol. The van der Waals surface area contributed by atoms with Gasteiger partial charge in [0, 0.05) is 37.6 Å². The molecule has 0 saturated heterocycles. The summed E-state index contributed by atoms with van der Waals surface area (Å²) in [7, 11) is 1.68. The molecule has 1 aromatic heterocycles. The second-order valence-electron chi connectivity index (χ2n) is 4.36. The van der Waals surface area contributed by atoms with E-state index in [1.54, 1.807) is 13.3 Å². The van der Waals surface area contributed by atoms with Gasteiger partial charge in [-0.25, -0.2) is 0 Å². The molecule has 0 amide bonds. The Morgan fingerprint density at radius 1 is 1.10 bits per heavy atom. The Balaban J connectivity index is 1.86. The first-order valence-corrected chi connectivity index (χ1v) is 6.65.